The highest BCUT2D eigenvalue weighted by atomic mass is 16.3. The minimum atomic E-state index is -0.636. The maximum absolute atomic E-state index is 12.4. The highest BCUT2D eigenvalue weighted by Gasteiger charge is 2.29. The summed E-state index contributed by atoms with van der Waals surface area (Å²) in [6.45, 7) is 4.77. The van der Waals surface area contributed by atoms with Gasteiger partial charge in [-0.1, -0.05) is 64.0 Å². The van der Waals surface area contributed by atoms with Gasteiger partial charge in [0.15, 0.2) is 0 Å². The van der Waals surface area contributed by atoms with E-state index >= 15 is 0 Å². The van der Waals surface area contributed by atoms with Crippen molar-refractivity contribution in [3.8, 4) is 0 Å². The molecular weight excluding hydrogens is 318 g/mol. The Morgan fingerprint density at radius 3 is 2.44 bits per heavy atom. The van der Waals surface area contributed by atoms with Crippen molar-refractivity contribution in [2.24, 2.45) is 7.05 Å². The minimum absolute atomic E-state index is 0.296. The second kappa shape index (κ2) is 9.22. The molecule has 1 N–H and O–H groups in total. The van der Waals surface area contributed by atoms with E-state index in [1.54, 1.807) is 0 Å². The molecule has 0 saturated carbocycles. The number of hydrogen-bond acceptors (Lipinski definition) is 3. The van der Waals surface area contributed by atoms with Crippen molar-refractivity contribution in [1.29, 1.82) is 0 Å². The lowest BCUT2D eigenvalue weighted by Crippen LogP contribution is -2.39. The van der Waals surface area contributed by atoms with Crippen LogP contribution >= 0.6 is 0 Å². The van der Waals surface area contributed by atoms with Crippen LogP contribution in [0.3, 0.4) is 0 Å². The lowest BCUT2D eigenvalue weighted by molar-refractivity contribution is 0.102. The molecule has 0 aliphatic carbocycles. The number of aliphatic hydroxyl groups excluding tert-OH is 1. The molecule has 0 unspecified atom stereocenters. The Morgan fingerprint density at radius 1 is 1.08 bits per heavy atom. The summed E-state index contributed by atoms with van der Waals surface area (Å²) in [6, 6.07) is -0.437. The molecule has 0 saturated heterocycles. The van der Waals surface area contributed by atoms with Crippen LogP contribution in [0.25, 0.3) is 0 Å². The van der Waals surface area contributed by atoms with Crippen molar-refractivity contribution >= 4 is 0 Å². The Kier molecular flexibility index (Phi) is 7.29. The average Bonchev–Trinajstić information content (AvgIpc) is 2.83. The van der Waals surface area contributed by atoms with E-state index in [0.29, 0.717) is 13.0 Å². The van der Waals surface area contributed by atoms with E-state index in [1.165, 1.54) is 35.7 Å². The Labute approximate surface area is 149 Å². The zero-order valence-electron chi connectivity index (χ0n) is 15.9. The van der Waals surface area contributed by atoms with Gasteiger partial charge in [0.1, 0.15) is 0 Å². The number of allylic oxidation sites excluding steroid dienone is 1. The third-order valence-corrected chi connectivity index (χ3v) is 5.14. The minimum Gasteiger partial charge on any atom is -0.391 e. The summed E-state index contributed by atoms with van der Waals surface area (Å²) >= 11 is 0. The van der Waals surface area contributed by atoms with Crippen LogP contribution in [0.5, 0.6) is 0 Å². The smallest absolute Gasteiger partial charge is 0.347 e. The van der Waals surface area contributed by atoms with Gasteiger partial charge in [-0.25, -0.2) is 23.5 Å². The molecule has 0 radical (unpaired) electrons. The van der Waals surface area contributed by atoms with Gasteiger partial charge in [0.2, 0.25) is 0 Å². The molecule has 0 spiro atoms. The Balaban J connectivity index is 2.23. The van der Waals surface area contributed by atoms with Crippen LogP contribution in [-0.2, 0) is 13.6 Å². The number of aliphatic hydroxyl groups is 1. The van der Waals surface area contributed by atoms with Gasteiger partial charge < -0.3 is 5.11 Å². The Bertz CT molecular complexity index is 696. The van der Waals surface area contributed by atoms with E-state index in [-0.39, 0.29) is 11.4 Å². The zero-order valence-corrected chi connectivity index (χ0v) is 15.9. The van der Waals surface area contributed by atoms with E-state index in [0.717, 1.165) is 42.2 Å². The first-order chi connectivity index (χ1) is 12.0. The molecule has 6 nitrogen and oxygen atoms in total. The fraction of sp³-hybridized carbons (Fsp3) is 0.789. The average molecular weight is 351 g/mol. The first-order valence-electron chi connectivity index (χ1n) is 9.77. The lowest BCUT2D eigenvalue weighted by Gasteiger charge is -2.28. The van der Waals surface area contributed by atoms with E-state index in [4.69, 9.17) is 0 Å². The molecule has 1 aromatic rings. The summed E-state index contributed by atoms with van der Waals surface area (Å²) in [5, 5.41) is 10.7. The lowest BCUT2D eigenvalue weighted by atomic mass is 9.97. The van der Waals surface area contributed by atoms with Crippen molar-refractivity contribution < 1.29 is 5.11 Å². The highest BCUT2D eigenvalue weighted by molar-refractivity contribution is 5.12. The molecule has 2 heterocycles. The SMILES string of the molecule is CCCCCCC1=C[C@H]([C@@H](O)CCCCC)n2c(=O)n(C)c(=O)n2C1. The van der Waals surface area contributed by atoms with Crippen molar-refractivity contribution in [2.45, 2.75) is 90.3 Å². The van der Waals surface area contributed by atoms with Crippen LogP contribution in [0.1, 0.15) is 77.7 Å². The summed E-state index contributed by atoms with van der Waals surface area (Å²) in [5.41, 5.74) is 0.518. The monoisotopic (exact) mass is 351 g/mol. The number of nitrogens with zero attached hydrogens (tertiary/aromatic N) is 3. The molecule has 1 aliphatic rings. The van der Waals surface area contributed by atoms with Crippen LogP contribution in [-0.4, -0.2) is 25.1 Å². The van der Waals surface area contributed by atoms with Gasteiger partial charge in [0.05, 0.1) is 18.7 Å². The standard InChI is InChI=1S/C19H33N3O3/c1-4-6-8-10-11-15-13-16(17(23)12-9-7-5-2)22-19(25)20(3)18(24)21(22)14-15/h13,16-17,23H,4-12,14H2,1-3H3/t16-,17+/m1/s1. The molecule has 1 aliphatic heterocycles. The van der Waals surface area contributed by atoms with Gasteiger partial charge >= 0.3 is 11.4 Å². The first-order valence-corrected chi connectivity index (χ1v) is 9.77. The van der Waals surface area contributed by atoms with E-state index in [2.05, 4.69) is 13.8 Å². The molecule has 2 atom stereocenters. The maximum atomic E-state index is 12.4. The van der Waals surface area contributed by atoms with Crippen molar-refractivity contribution in [3.05, 3.63) is 32.6 Å². The molecule has 1 aromatic heterocycles. The summed E-state index contributed by atoms with van der Waals surface area (Å²) in [6.07, 6.45) is 10.7. The predicted molar refractivity (Wildman–Crippen MR) is 100.0 cm³/mol. The van der Waals surface area contributed by atoms with Crippen molar-refractivity contribution in [1.82, 2.24) is 13.9 Å². The number of rotatable bonds is 10. The summed E-state index contributed by atoms with van der Waals surface area (Å²) < 4.78 is 4.10. The third kappa shape index (κ3) is 4.54. The van der Waals surface area contributed by atoms with Crippen molar-refractivity contribution in [2.75, 3.05) is 0 Å². The first kappa shape index (κ1) is 19.8. The summed E-state index contributed by atoms with van der Waals surface area (Å²) in [5.74, 6) is 0. The Morgan fingerprint density at radius 2 is 1.76 bits per heavy atom. The molecular formula is C19H33N3O3. The molecule has 0 fully saturated rings. The largest absolute Gasteiger partial charge is 0.391 e. The topological polar surface area (TPSA) is 69.2 Å². The molecule has 0 bridgehead atoms. The van der Waals surface area contributed by atoms with Crippen LogP contribution in [0, 0.1) is 0 Å². The van der Waals surface area contributed by atoms with Crippen LogP contribution in [0.4, 0.5) is 0 Å². The van der Waals surface area contributed by atoms with Gasteiger partial charge in [-0.05, 0) is 19.3 Å². The molecule has 142 valence electrons. The van der Waals surface area contributed by atoms with Gasteiger partial charge in [0, 0.05) is 7.05 Å². The van der Waals surface area contributed by atoms with Gasteiger partial charge in [-0.3, -0.25) is 0 Å². The van der Waals surface area contributed by atoms with E-state index in [1.807, 2.05) is 6.08 Å². The fourth-order valence-electron chi connectivity index (χ4n) is 3.58. The molecule has 6 heteroatoms. The van der Waals surface area contributed by atoms with E-state index in [9.17, 15) is 14.7 Å². The fourth-order valence-corrected chi connectivity index (χ4v) is 3.58. The second-order valence-electron chi connectivity index (χ2n) is 7.22. The summed E-state index contributed by atoms with van der Waals surface area (Å²) in [7, 11) is 1.50. The van der Waals surface area contributed by atoms with Crippen LogP contribution in [0.15, 0.2) is 21.2 Å². The van der Waals surface area contributed by atoms with Crippen LogP contribution < -0.4 is 11.4 Å². The second-order valence-corrected chi connectivity index (χ2v) is 7.22. The van der Waals surface area contributed by atoms with Gasteiger partial charge in [-0.15, -0.1) is 0 Å². The van der Waals surface area contributed by atoms with Crippen molar-refractivity contribution in [3.63, 3.8) is 0 Å². The quantitative estimate of drug-likeness (QED) is 0.520. The molecule has 0 aromatic carbocycles. The number of aromatic nitrogens is 3. The third-order valence-electron chi connectivity index (χ3n) is 5.14. The predicted octanol–water partition coefficient (Wildman–Crippen LogP) is 2.74. The van der Waals surface area contributed by atoms with E-state index < -0.39 is 12.1 Å². The van der Waals surface area contributed by atoms with Gasteiger partial charge in [0.25, 0.3) is 0 Å². The number of fused-ring (bicyclic) bond motifs is 1. The normalized spacial score (nSPS) is 18.1. The molecule has 2 rings (SSSR count). The van der Waals surface area contributed by atoms with Crippen LogP contribution in [0.2, 0.25) is 0 Å². The number of hydrogen-bond donors (Lipinski definition) is 1. The molecule has 25 heavy (non-hydrogen) atoms. The summed E-state index contributed by atoms with van der Waals surface area (Å²) in [4.78, 5) is 24.8. The number of unbranched alkanes of at least 4 members (excludes halogenated alkanes) is 5. The maximum Gasteiger partial charge on any atom is 0.347 e. The molecule has 0 amide bonds. The van der Waals surface area contributed by atoms with Gasteiger partial charge in [-0.2, -0.15) is 0 Å². The Hall–Kier alpha value is -1.56. The zero-order chi connectivity index (χ0) is 18.4. The highest BCUT2D eigenvalue weighted by Crippen LogP contribution is 2.25.